The van der Waals surface area contributed by atoms with Gasteiger partial charge in [0.15, 0.2) is 0 Å². The Balaban J connectivity index is 1.83. The average molecular weight is 317 g/mol. The molecule has 1 fully saturated rings. The predicted molar refractivity (Wildman–Crippen MR) is 94.4 cm³/mol. The minimum atomic E-state index is -0.0193. The van der Waals surface area contributed by atoms with Crippen molar-refractivity contribution < 1.29 is 9.53 Å². The van der Waals surface area contributed by atoms with Crippen LogP contribution >= 0.6 is 0 Å². The van der Waals surface area contributed by atoms with Crippen molar-refractivity contribution in [2.24, 2.45) is 5.92 Å². The van der Waals surface area contributed by atoms with Crippen molar-refractivity contribution in [3.05, 3.63) is 35.4 Å². The number of nitrogens with zero attached hydrogens (tertiary/aromatic N) is 1. The Hall–Kier alpha value is -1.35. The van der Waals surface area contributed by atoms with Gasteiger partial charge in [-0.3, -0.25) is 9.69 Å². The number of hydrogen-bond acceptors (Lipinski definition) is 3. The van der Waals surface area contributed by atoms with Crippen LogP contribution in [0.5, 0.6) is 0 Å². The molecule has 1 saturated heterocycles. The fourth-order valence-corrected chi connectivity index (χ4v) is 3.02. The van der Waals surface area contributed by atoms with Crippen molar-refractivity contribution in [1.82, 2.24) is 4.90 Å². The highest BCUT2D eigenvalue weighted by atomic mass is 16.5. The van der Waals surface area contributed by atoms with Crippen molar-refractivity contribution in [2.75, 3.05) is 13.1 Å². The maximum atomic E-state index is 12.0. The monoisotopic (exact) mass is 317 g/mol. The molecule has 0 aliphatic carbocycles. The molecule has 23 heavy (non-hydrogen) atoms. The van der Waals surface area contributed by atoms with Crippen LogP contribution in [0.25, 0.3) is 0 Å². The maximum Gasteiger partial charge on any atom is 0.309 e. The van der Waals surface area contributed by atoms with E-state index in [4.69, 9.17) is 4.74 Å². The van der Waals surface area contributed by atoms with Gasteiger partial charge in [0.1, 0.15) is 0 Å². The third kappa shape index (κ3) is 5.35. The first kappa shape index (κ1) is 18.0. The summed E-state index contributed by atoms with van der Waals surface area (Å²) in [4.78, 5) is 14.4. The number of esters is 1. The molecule has 1 aromatic carbocycles. The molecule has 1 aliphatic heterocycles. The van der Waals surface area contributed by atoms with Crippen LogP contribution in [0.15, 0.2) is 24.3 Å². The summed E-state index contributed by atoms with van der Waals surface area (Å²) in [6, 6.07) is 8.95. The summed E-state index contributed by atoms with van der Waals surface area (Å²) < 4.78 is 5.33. The molecule has 128 valence electrons. The first-order valence-electron chi connectivity index (χ1n) is 8.78. The van der Waals surface area contributed by atoms with Crippen LogP contribution in [0, 0.1) is 5.92 Å². The number of rotatable bonds is 4. The number of carbonyl (C=O) groups excluding carboxylic acids is 1. The van der Waals surface area contributed by atoms with E-state index in [0.29, 0.717) is 0 Å². The highest BCUT2D eigenvalue weighted by Crippen LogP contribution is 2.24. The Morgan fingerprint density at radius 1 is 1.17 bits per heavy atom. The summed E-state index contributed by atoms with van der Waals surface area (Å²) in [6.07, 6.45) is 1.80. The summed E-state index contributed by atoms with van der Waals surface area (Å²) >= 11 is 0. The predicted octanol–water partition coefficient (Wildman–Crippen LogP) is 4.15. The van der Waals surface area contributed by atoms with Gasteiger partial charge in [-0.05, 0) is 56.3 Å². The van der Waals surface area contributed by atoms with Crippen molar-refractivity contribution in [3.8, 4) is 0 Å². The van der Waals surface area contributed by atoms with Gasteiger partial charge in [0.25, 0.3) is 0 Å². The zero-order valence-electron chi connectivity index (χ0n) is 15.3. The number of carbonyl (C=O) groups is 1. The third-order valence-electron chi connectivity index (χ3n) is 4.50. The van der Waals surface area contributed by atoms with Gasteiger partial charge in [0, 0.05) is 6.54 Å². The topological polar surface area (TPSA) is 29.5 Å². The summed E-state index contributed by atoms with van der Waals surface area (Å²) in [7, 11) is 0. The van der Waals surface area contributed by atoms with E-state index in [-0.39, 0.29) is 23.4 Å². The molecule has 0 saturated carbocycles. The molecule has 3 heteroatoms. The number of piperidine rings is 1. The van der Waals surface area contributed by atoms with Crippen LogP contribution in [0.2, 0.25) is 0 Å². The molecule has 0 N–H and O–H groups in total. The summed E-state index contributed by atoms with van der Waals surface area (Å²) in [6.45, 7) is 13.5. The lowest BCUT2D eigenvalue weighted by atomic mass is 9.86. The zero-order valence-corrected chi connectivity index (χ0v) is 15.3. The molecule has 1 heterocycles. The van der Waals surface area contributed by atoms with Crippen molar-refractivity contribution in [3.63, 3.8) is 0 Å². The Kier molecular flexibility index (Phi) is 5.85. The van der Waals surface area contributed by atoms with E-state index in [1.807, 2.05) is 13.8 Å². The average Bonchev–Trinajstić information content (AvgIpc) is 2.47. The normalized spacial score (nSPS) is 17.5. The Bertz CT molecular complexity index is 505. The molecule has 0 spiro atoms. The molecule has 1 aromatic rings. The van der Waals surface area contributed by atoms with E-state index in [0.717, 1.165) is 32.5 Å². The Labute approximate surface area is 141 Å². The van der Waals surface area contributed by atoms with E-state index in [2.05, 4.69) is 49.9 Å². The molecule has 0 aromatic heterocycles. The molecule has 3 nitrogen and oxygen atoms in total. The van der Waals surface area contributed by atoms with Crippen molar-refractivity contribution in [1.29, 1.82) is 0 Å². The first-order chi connectivity index (χ1) is 10.8. The van der Waals surface area contributed by atoms with Gasteiger partial charge >= 0.3 is 5.97 Å². The van der Waals surface area contributed by atoms with E-state index < -0.39 is 0 Å². The highest BCUT2D eigenvalue weighted by molar-refractivity contribution is 5.72. The molecule has 0 amide bonds. The molecule has 0 radical (unpaired) electrons. The van der Waals surface area contributed by atoms with Crippen LogP contribution in [-0.2, 0) is 21.5 Å². The van der Waals surface area contributed by atoms with Crippen LogP contribution in [0.3, 0.4) is 0 Å². The van der Waals surface area contributed by atoms with Crippen molar-refractivity contribution >= 4 is 5.97 Å². The summed E-state index contributed by atoms with van der Waals surface area (Å²) in [5.41, 5.74) is 2.92. The van der Waals surface area contributed by atoms with E-state index in [1.54, 1.807) is 0 Å². The second-order valence-electron chi connectivity index (χ2n) is 7.98. The van der Waals surface area contributed by atoms with Crippen LogP contribution in [-0.4, -0.2) is 30.1 Å². The first-order valence-corrected chi connectivity index (χ1v) is 8.78. The van der Waals surface area contributed by atoms with Gasteiger partial charge in [0.2, 0.25) is 0 Å². The maximum absolute atomic E-state index is 12.0. The summed E-state index contributed by atoms with van der Waals surface area (Å²) in [5.74, 6) is 0.0612. The molecular formula is C20H31NO2. The van der Waals surface area contributed by atoms with Gasteiger partial charge in [-0.1, -0.05) is 45.0 Å². The molecule has 1 aliphatic rings. The Morgan fingerprint density at radius 2 is 1.74 bits per heavy atom. The Morgan fingerprint density at radius 3 is 2.22 bits per heavy atom. The lowest BCUT2D eigenvalue weighted by molar-refractivity contribution is -0.154. The number of benzene rings is 1. The van der Waals surface area contributed by atoms with E-state index in [1.165, 1.54) is 11.1 Å². The lowest BCUT2D eigenvalue weighted by Gasteiger charge is -2.31. The lowest BCUT2D eigenvalue weighted by Crippen LogP contribution is -2.37. The largest absolute Gasteiger partial charge is 0.463 e. The quantitative estimate of drug-likeness (QED) is 0.781. The SMILES string of the molecule is CC(C)OC(=O)C1CCN(Cc2ccc(C(C)(C)C)cc2)CC1. The minimum absolute atomic E-state index is 0.0122. The molecule has 0 bridgehead atoms. The van der Waals surface area contributed by atoms with Gasteiger partial charge in [-0.25, -0.2) is 0 Å². The second-order valence-corrected chi connectivity index (χ2v) is 7.98. The number of hydrogen-bond donors (Lipinski definition) is 0. The van der Waals surface area contributed by atoms with E-state index in [9.17, 15) is 4.79 Å². The fourth-order valence-electron chi connectivity index (χ4n) is 3.02. The third-order valence-corrected chi connectivity index (χ3v) is 4.50. The van der Waals surface area contributed by atoms with Gasteiger partial charge < -0.3 is 4.74 Å². The number of likely N-dealkylation sites (tertiary alicyclic amines) is 1. The van der Waals surface area contributed by atoms with E-state index >= 15 is 0 Å². The molecular weight excluding hydrogens is 286 g/mol. The standard InChI is InChI=1S/C20H31NO2/c1-15(2)23-19(22)17-10-12-21(13-11-17)14-16-6-8-18(9-7-16)20(3,4)5/h6-9,15,17H,10-14H2,1-5H3. The van der Waals surface area contributed by atoms with Gasteiger partial charge in [-0.15, -0.1) is 0 Å². The van der Waals surface area contributed by atoms with Crippen LogP contribution in [0.4, 0.5) is 0 Å². The highest BCUT2D eigenvalue weighted by Gasteiger charge is 2.26. The van der Waals surface area contributed by atoms with Crippen molar-refractivity contribution in [2.45, 2.75) is 65.5 Å². The van der Waals surface area contributed by atoms with Crippen LogP contribution in [0.1, 0.15) is 58.6 Å². The summed E-state index contributed by atoms with van der Waals surface area (Å²) in [5, 5.41) is 0. The van der Waals surface area contributed by atoms with Gasteiger partial charge in [0.05, 0.1) is 12.0 Å². The minimum Gasteiger partial charge on any atom is -0.463 e. The van der Waals surface area contributed by atoms with Crippen LogP contribution < -0.4 is 0 Å². The fraction of sp³-hybridized carbons (Fsp3) is 0.650. The smallest absolute Gasteiger partial charge is 0.309 e. The zero-order chi connectivity index (χ0) is 17.0. The number of ether oxygens (including phenoxy) is 1. The molecule has 2 rings (SSSR count). The second kappa shape index (κ2) is 7.48. The van der Waals surface area contributed by atoms with Gasteiger partial charge in [-0.2, -0.15) is 0 Å². The molecule has 0 atom stereocenters. The molecule has 0 unspecified atom stereocenters.